The summed E-state index contributed by atoms with van der Waals surface area (Å²) < 4.78 is 0. The third kappa shape index (κ3) is 6.02. The second kappa shape index (κ2) is 7.53. The first kappa shape index (κ1) is 19.1. The Bertz CT molecular complexity index is 448. The standard InChI is InChI=1S/C21H36O/c1-16(20(2,3)4)11-10-13-18(21(5,6)7)15-17-12-8-9-14-19(17)22/h8-9,12,14,16,18,22H,10-11,13,15H2,1-7H3. The molecule has 1 nitrogen and oxygen atoms in total. The molecule has 22 heavy (non-hydrogen) atoms. The fraction of sp³-hybridized carbons (Fsp3) is 0.714. The van der Waals surface area contributed by atoms with Gasteiger partial charge in [-0.1, -0.05) is 79.5 Å². The second-order valence-electron chi connectivity index (χ2n) is 9.09. The quantitative estimate of drug-likeness (QED) is 0.640. The Balaban J connectivity index is 2.65. The van der Waals surface area contributed by atoms with Crippen molar-refractivity contribution in [3.05, 3.63) is 29.8 Å². The van der Waals surface area contributed by atoms with Crippen LogP contribution in [0.3, 0.4) is 0 Å². The molecule has 0 aromatic heterocycles. The molecular formula is C21H36O. The van der Waals surface area contributed by atoms with E-state index in [0.717, 1.165) is 17.9 Å². The molecule has 0 bridgehead atoms. The number of benzene rings is 1. The minimum absolute atomic E-state index is 0.271. The molecule has 0 saturated carbocycles. The van der Waals surface area contributed by atoms with Crippen molar-refractivity contribution < 1.29 is 5.11 Å². The molecule has 0 fully saturated rings. The van der Waals surface area contributed by atoms with Crippen molar-refractivity contribution in [2.24, 2.45) is 22.7 Å². The Labute approximate surface area is 138 Å². The van der Waals surface area contributed by atoms with E-state index in [4.69, 9.17) is 0 Å². The molecule has 0 saturated heterocycles. The van der Waals surface area contributed by atoms with Crippen LogP contribution >= 0.6 is 0 Å². The molecule has 1 rings (SSSR count). The molecule has 1 N–H and O–H groups in total. The van der Waals surface area contributed by atoms with Crippen LogP contribution in [0, 0.1) is 22.7 Å². The zero-order chi connectivity index (χ0) is 17.0. The molecule has 0 aliphatic heterocycles. The van der Waals surface area contributed by atoms with Crippen LogP contribution in [0.1, 0.15) is 73.3 Å². The molecule has 0 radical (unpaired) electrons. The van der Waals surface area contributed by atoms with Gasteiger partial charge >= 0.3 is 0 Å². The number of phenolic OH excluding ortho intramolecular Hbond substituents is 1. The van der Waals surface area contributed by atoms with Gasteiger partial charge in [0.2, 0.25) is 0 Å². The lowest BCUT2D eigenvalue weighted by Gasteiger charge is -2.33. The molecule has 0 aliphatic rings. The molecule has 0 amide bonds. The molecule has 2 atom stereocenters. The monoisotopic (exact) mass is 304 g/mol. The maximum absolute atomic E-state index is 10.0. The van der Waals surface area contributed by atoms with E-state index >= 15 is 0 Å². The van der Waals surface area contributed by atoms with Crippen LogP contribution in [0.4, 0.5) is 0 Å². The topological polar surface area (TPSA) is 20.2 Å². The van der Waals surface area contributed by atoms with Gasteiger partial charge in [-0.2, -0.15) is 0 Å². The van der Waals surface area contributed by atoms with Crippen molar-refractivity contribution in [1.29, 1.82) is 0 Å². The normalized spacial score (nSPS) is 15.6. The highest BCUT2D eigenvalue weighted by atomic mass is 16.3. The van der Waals surface area contributed by atoms with E-state index in [9.17, 15) is 5.11 Å². The van der Waals surface area contributed by atoms with E-state index in [0.29, 0.717) is 17.1 Å². The lowest BCUT2D eigenvalue weighted by Crippen LogP contribution is -2.24. The molecule has 1 aromatic rings. The summed E-state index contributed by atoms with van der Waals surface area (Å²) in [5.41, 5.74) is 1.76. The molecule has 0 aliphatic carbocycles. The van der Waals surface area contributed by atoms with Gasteiger partial charge in [-0.15, -0.1) is 0 Å². The number of hydrogen-bond donors (Lipinski definition) is 1. The van der Waals surface area contributed by atoms with Crippen LogP contribution in [0.5, 0.6) is 5.75 Å². The van der Waals surface area contributed by atoms with Gasteiger partial charge in [0, 0.05) is 0 Å². The predicted molar refractivity (Wildman–Crippen MR) is 97.2 cm³/mol. The summed E-state index contributed by atoms with van der Waals surface area (Å²) in [4.78, 5) is 0. The van der Waals surface area contributed by atoms with E-state index in [1.165, 1.54) is 19.3 Å². The van der Waals surface area contributed by atoms with Crippen molar-refractivity contribution in [2.75, 3.05) is 0 Å². The van der Waals surface area contributed by atoms with Gasteiger partial charge in [0.25, 0.3) is 0 Å². The van der Waals surface area contributed by atoms with Gasteiger partial charge in [-0.05, 0) is 47.1 Å². The molecule has 2 unspecified atom stereocenters. The van der Waals surface area contributed by atoms with Crippen LogP contribution in [-0.2, 0) is 6.42 Å². The highest BCUT2D eigenvalue weighted by molar-refractivity contribution is 5.32. The summed E-state index contributed by atoms with van der Waals surface area (Å²) in [7, 11) is 0. The summed E-state index contributed by atoms with van der Waals surface area (Å²) in [6, 6.07) is 7.79. The molecule has 1 heteroatoms. The first-order chi connectivity index (χ1) is 10.0. The number of aromatic hydroxyl groups is 1. The third-order valence-corrected chi connectivity index (χ3v) is 5.35. The summed E-state index contributed by atoms with van der Waals surface area (Å²) >= 11 is 0. The highest BCUT2D eigenvalue weighted by Crippen LogP contribution is 2.36. The molecule has 126 valence electrons. The highest BCUT2D eigenvalue weighted by Gasteiger charge is 2.26. The Kier molecular flexibility index (Phi) is 6.52. The Morgan fingerprint density at radius 2 is 1.50 bits per heavy atom. The largest absolute Gasteiger partial charge is 0.508 e. The van der Waals surface area contributed by atoms with E-state index in [2.05, 4.69) is 54.5 Å². The van der Waals surface area contributed by atoms with Crippen molar-refractivity contribution in [3.63, 3.8) is 0 Å². The Morgan fingerprint density at radius 3 is 2.00 bits per heavy atom. The van der Waals surface area contributed by atoms with E-state index < -0.39 is 0 Å². The molecular weight excluding hydrogens is 268 g/mol. The van der Waals surface area contributed by atoms with Gasteiger partial charge in [-0.3, -0.25) is 0 Å². The summed E-state index contributed by atoms with van der Waals surface area (Å²) in [6.07, 6.45) is 4.77. The predicted octanol–water partition coefficient (Wildman–Crippen LogP) is 6.45. The first-order valence-corrected chi connectivity index (χ1v) is 8.78. The summed E-state index contributed by atoms with van der Waals surface area (Å²) in [6.45, 7) is 16.3. The van der Waals surface area contributed by atoms with Gasteiger partial charge < -0.3 is 5.11 Å². The van der Waals surface area contributed by atoms with E-state index in [-0.39, 0.29) is 5.41 Å². The molecule has 0 spiro atoms. The average Bonchev–Trinajstić information content (AvgIpc) is 2.37. The van der Waals surface area contributed by atoms with Crippen molar-refractivity contribution in [1.82, 2.24) is 0 Å². The Hall–Kier alpha value is -0.980. The maximum atomic E-state index is 10.0. The van der Waals surface area contributed by atoms with Crippen LogP contribution in [0.2, 0.25) is 0 Å². The fourth-order valence-electron chi connectivity index (χ4n) is 2.89. The van der Waals surface area contributed by atoms with Gasteiger partial charge in [0.1, 0.15) is 5.75 Å². The molecule has 1 aromatic carbocycles. The number of para-hydroxylation sites is 1. The van der Waals surface area contributed by atoms with Gasteiger partial charge in [0.15, 0.2) is 0 Å². The van der Waals surface area contributed by atoms with E-state index in [1.807, 2.05) is 12.1 Å². The first-order valence-electron chi connectivity index (χ1n) is 8.78. The lowest BCUT2D eigenvalue weighted by molar-refractivity contribution is 0.195. The van der Waals surface area contributed by atoms with Gasteiger partial charge in [0.05, 0.1) is 0 Å². The average molecular weight is 305 g/mol. The summed E-state index contributed by atoms with van der Waals surface area (Å²) in [5, 5.41) is 10.0. The zero-order valence-electron chi connectivity index (χ0n) is 15.7. The lowest BCUT2D eigenvalue weighted by atomic mass is 9.73. The summed E-state index contributed by atoms with van der Waals surface area (Å²) in [5.74, 6) is 1.80. The van der Waals surface area contributed by atoms with Crippen molar-refractivity contribution >= 4 is 0 Å². The second-order valence-corrected chi connectivity index (χ2v) is 9.09. The minimum Gasteiger partial charge on any atom is -0.508 e. The SMILES string of the molecule is CC(CCCC(Cc1ccccc1O)C(C)(C)C)C(C)(C)C. The smallest absolute Gasteiger partial charge is 0.118 e. The zero-order valence-corrected chi connectivity index (χ0v) is 15.7. The fourth-order valence-corrected chi connectivity index (χ4v) is 2.89. The van der Waals surface area contributed by atoms with Crippen molar-refractivity contribution in [3.8, 4) is 5.75 Å². The molecule has 0 heterocycles. The third-order valence-electron chi connectivity index (χ3n) is 5.35. The minimum atomic E-state index is 0.271. The van der Waals surface area contributed by atoms with Crippen LogP contribution in [0.25, 0.3) is 0 Å². The van der Waals surface area contributed by atoms with Crippen LogP contribution in [0.15, 0.2) is 24.3 Å². The number of phenols is 1. The van der Waals surface area contributed by atoms with E-state index in [1.54, 1.807) is 6.07 Å². The van der Waals surface area contributed by atoms with Crippen LogP contribution < -0.4 is 0 Å². The van der Waals surface area contributed by atoms with Crippen molar-refractivity contribution in [2.45, 2.75) is 74.1 Å². The Morgan fingerprint density at radius 1 is 0.909 bits per heavy atom. The maximum Gasteiger partial charge on any atom is 0.118 e. The number of hydrogen-bond acceptors (Lipinski definition) is 1. The number of rotatable bonds is 6. The van der Waals surface area contributed by atoms with Crippen LogP contribution in [-0.4, -0.2) is 5.11 Å². The van der Waals surface area contributed by atoms with Gasteiger partial charge in [-0.25, -0.2) is 0 Å².